The van der Waals surface area contributed by atoms with Gasteiger partial charge < -0.3 is 10.1 Å². The number of carboxylic acids is 1. The van der Waals surface area contributed by atoms with E-state index >= 15 is 0 Å². The molecule has 6 nitrogen and oxygen atoms in total. The number of unbranched alkanes of at least 4 members (excludes halogenated alkanes) is 1. The van der Waals surface area contributed by atoms with Crippen molar-refractivity contribution in [1.82, 2.24) is 9.71 Å². The van der Waals surface area contributed by atoms with Gasteiger partial charge in [0.1, 0.15) is 0 Å². The maximum atomic E-state index is 11.5. The second kappa shape index (κ2) is 5.66. The summed E-state index contributed by atoms with van der Waals surface area (Å²) in [6.45, 7) is 0.251. The van der Waals surface area contributed by atoms with Crippen LogP contribution in [0.2, 0.25) is 0 Å². The van der Waals surface area contributed by atoms with E-state index in [1.54, 1.807) is 0 Å². The van der Waals surface area contributed by atoms with Crippen LogP contribution in [0.5, 0.6) is 0 Å². The van der Waals surface area contributed by atoms with Crippen molar-refractivity contribution in [2.45, 2.75) is 24.2 Å². The van der Waals surface area contributed by atoms with E-state index in [0.29, 0.717) is 12.8 Å². The van der Waals surface area contributed by atoms with Crippen LogP contribution >= 0.6 is 0 Å². The van der Waals surface area contributed by atoms with Gasteiger partial charge in [0.2, 0.25) is 10.0 Å². The van der Waals surface area contributed by atoms with Gasteiger partial charge in [-0.1, -0.05) is 0 Å². The van der Waals surface area contributed by atoms with Gasteiger partial charge >= 0.3 is 5.97 Å². The monoisotopic (exact) mass is 246 g/mol. The van der Waals surface area contributed by atoms with E-state index in [1.165, 1.54) is 18.5 Å². The Labute approximate surface area is 93.7 Å². The molecule has 1 aromatic heterocycles. The van der Waals surface area contributed by atoms with E-state index in [4.69, 9.17) is 5.11 Å². The summed E-state index contributed by atoms with van der Waals surface area (Å²) >= 11 is 0. The van der Waals surface area contributed by atoms with E-state index in [0.717, 1.165) is 0 Å². The highest BCUT2D eigenvalue weighted by molar-refractivity contribution is 7.89. The average molecular weight is 246 g/mol. The quantitative estimate of drug-likeness (QED) is 0.612. The summed E-state index contributed by atoms with van der Waals surface area (Å²) in [4.78, 5) is 13.0. The third-order valence-corrected chi connectivity index (χ3v) is 3.45. The molecular weight excluding hydrogens is 232 g/mol. The highest BCUT2D eigenvalue weighted by Crippen LogP contribution is 2.06. The minimum Gasteiger partial charge on any atom is -0.481 e. The van der Waals surface area contributed by atoms with Crippen LogP contribution < -0.4 is 4.72 Å². The number of aromatic nitrogens is 1. The molecule has 0 aromatic carbocycles. The molecule has 0 radical (unpaired) electrons. The molecule has 0 saturated carbocycles. The van der Waals surface area contributed by atoms with E-state index in [2.05, 4.69) is 9.71 Å². The van der Waals surface area contributed by atoms with E-state index in [9.17, 15) is 13.2 Å². The van der Waals surface area contributed by atoms with Crippen molar-refractivity contribution < 1.29 is 18.3 Å². The Bertz CT molecular complexity index is 424. The molecule has 90 valence electrons. The molecule has 16 heavy (non-hydrogen) atoms. The lowest BCUT2D eigenvalue weighted by atomic mass is 10.2. The van der Waals surface area contributed by atoms with E-state index in [-0.39, 0.29) is 17.9 Å². The van der Waals surface area contributed by atoms with Crippen molar-refractivity contribution in [1.29, 1.82) is 0 Å². The van der Waals surface area contributed by atoms with Crippen LogP contribution in [0.1, 0.15) is 19.3 Å². The summed E-state index contributed by atoms with van der Waals surface area (Å²) in [5, 5.41) is 8.38. The van der Waals surface area contributed by atoms with Crippen LogP contribution in [-0.2, 0) is 14.8 Å². The van der Waals surface area contributed by atoms with Gasteiger partial charge in [-0.15, -0.1) is 0 Å². The Balaban J connectivity index is 2.30. The molecule has 0 fully saturated rings. The van der Waals surface area contributed by atoms with Gasteiger partial charge in [0.05, 0.1) is 4.90 Å². The van der Waals surface area contributed by atoms with Crippen LogP contribution in [0.3, 0.4) is 0 Å². The van der Waals surface area contributed by atoms with Gasteiger partial charge in [0.15, 0.2) is 0 Å². The molecule has 1 aromatic rings. The minimum atomic E-state index is -3.45. The van der Waals surface area contributed by atoms with Crippen molar-refractivity contribution in [3.63, 3.8) is 0 Å². The van der Waals surface area contributed by atoms with Crippen molar-refractivity contribution in [2.24, 2.45) is 0 Å². The van der Waals surface area contributed by atoms with Gasteiger partial charge in [-0.2, -0.15) is 0 Å². The smallest absolute Gasteiger partial charge is 0.303 e. The van der Waals surface area contributed by atoms with Gasteiger partial charge in [0, 0.05) is 25.4 Å². The highest BCUT2D eigenvalue weighted by atomic mass is 32.2. The fraction of sp³-hybridized carbons (Fsp3) is 0.444. The van der Waals surface area contributed by atoms with Crippen molar-refractivity contribution >= 4 is 16.0 Å². The lowest BCUT2D eigenvalue weighted by molar-refractivity contribution is -0.137. The molecule has 0 unspecified atom stereocenters. The average Bonchev–Trinajstić information content (AvgIpc) is 2.69. The number of aliphatic carboxylic acids is 1. The van der Waals surface area contributed by atoms with E-state index < -0.39 is 16.0 Å². The summed E-state index contributed by atoms with van der Waals surface area (Å²) in [7, 11) is -3.45. The Morgan fingerprint density at radius 1 is 1.44 bits per heavy atom. The third kappa shape index (κ3) is 4.03. The zero-order chi connectivity index (χ0) is 12.0. The van der Waals surface area contributed by atoms with Gasteiger partial charge in [-0.3, -0.25) is 4.79 Å². The third-order valence-electron chi connectivity index (χ3n) is 1.99. The Hall–Kier alpha value is -1.34. The fourth-order valence-corrected chi connectivity index (χ4v) is 2.22. The fourth-order valence-electron chi connectivity index (χ4n) is 1.17. The molecular formula is C9H14N2O4S. The number of hydrogen-bond acceptors (Lipinski definition) is 3. The number of nitrogens with one attached hydrogen (secondary N) is 2. The van der Waals surface area contributed by atoms with Crippen LogP contribution in [0.25, 0.3) is 0 Å². The van der Waals surface area contributed by atoms with Crippen molar-refractivity contribution in [2.75, 3.05) is 6.54 Å². The number of rotatable bonds is 7. The molecule has 0 aliphatic rings. The standard InChI is InChI=1S/C9H14N2O4S/c12-9(13)3-1-2-5-11-16(14,15)8-4-6-10-7-8/h4,6-7,10-11H,1-3,5H2,(H,12,13). The summed E-state index contributed by atoms with van der Waals surface area (Å²) in [5.41, 5.74) is 0. The topological polar surface area (TPSA) is 99.3 Å². The molecule has 1 heterocycles. The Kier molecular flexibility index (Phi) is 4.51. The van der Waals surface area contributed by atoms with Crippen molar-refractivity contribution in [3.8, 4) is 0 Å². The second-order valence-electron chi connectivity index (χ2n) is 3.30. The van der Waals surface area contributed by atoms with Crippen LogP contribution in [0.4, 0.5) is 0 Å². The van der Waals surface area contributed by atoms with E-state index in [1.807, 2.05) is 0 Å². The SMILES string of the molecule is O=C(O)CCCCNS(=O)(=O)c1cc[nH]c1. The molecule has 0 amide bonds. The van der Waals surface area contributed by atoms with Crippen molar-refractivity contribution in [3.05, 3.63) is 18.5 Å². The minimum absolute atomic E-state index is 0.0614. The van der Waals surface area contributed by atoms with Crippen LogP contribution in [0, 0.1) is 0 Å². The first-order chi connectivity index (χ1) is 7.52. The van der Waals surface area contributed by atoms with Crippen LogP contribution in [-0.4, -0.2) is 31.0 Å². The van der Waals surface area contributed by atoms with Gasteiger partial charge in [0.25, 0.3) is 0 Å². The Morgan fingerprint density at radius 2 is 2.19 bits per heavy atom. The molecule has 0 aliphatic heterocycles. The normalized spacial score (nSPS) is 11.5. The molecule has 0 bridgehead atoms. The first kappa shape index (κ1) is 12.7. The summed E-state index contributed by atoms with van der Waals surface area (Å²) < 4.78 is 25.5. The number of carboxylic acid groups (broad SMARTS) is 1. The lowest BCUT2D eigenvalue weighted by Crippen LogP contribution is -2.24. The van der Waals surface area contributed by atoms with Gasteiger partial charge in [-0.05, 0) is 18.9 Å². The molecule has 3 N–H and O–H groups in total. The number of H-pyrrole nitrogens is 1. The number of carbonyl (C=O) groups is 1. The molecule has 0 spiro atoms. The maximum absolute atomic E-state index is 11.5. The summed E-state index contributed by atoms with van der Waals surface area (Å²) in [5.74, 6) is -0.867. The number of aromatic amines is 1. The number of sulfonamides is 1. The zero-order valence-electron chi connectivity index (χ0n) is 8.64. The molecule has 1 rings (SSSR count). The predicted octanol–water partition coefficient (Wildman–Crippen LogP) is 0.548. The molecule has 0 saturated heterocycles. The molecule has 0 aliphatic carbocycles. The predicted molar refractivity (Wildman–Crippen MR) is 57.5 cm³/mol. The zero-order valence-corrected chi connectivity index (χ0v) is 9.46. The summed E-state index contributed by atoms with van der Waals surface area (Å²) in [6, 6.07) is 1.46. The maximum Gasteiger partial charge on any atom is 0.303 e. The second-order valence-corrected chi connectivity index (χ2v) is 5.06. The Morgan fingerprint density at radius 3 is 2.75 bits per heavy atom. The summed E-state index contributed by atoms with van der Waals surface area (Å²) in [6.07, 6.45) is 3.95. The van der Waals surface area contributed by atoms with Crippen LogP contribution in [0.15, 0.2) is 23.4 Å². The number of hydrogen-bond donors (Lipinski definition) is 3. The largest absolute Gasteiger partial charge is 0.481 e. The van der Waals surface area contributed by atoms with Gasteiger partial charge in [-0.25, -0.2) is 13.1 Å². The molecule has 7 heteroatoms. The molecule has 0 atom stereocenters. The first-order valence-corrected chi connectivity index (χ1v) is 6.35. The first-order valence-electron chi connectivity index (χ1n) is 4.86. The lowest BCUT2D eigenvalue weighted by Gasteiger charge is -2.03. The highest BCUT2D eigenvalue weighted by Gasteiger charge is 2.12.